The van der Waals surface area contributed by atoms with Crippen LogP contribution in [0.2, 0.25) is 0 Å². The van der Waals surface area contributed by atoms with Gasteiger partial charge in [0.2, 0.25) is 5.95 Å². The molecule has 4 aromatic rings. The number of nitrogens with one attached hydrogen (secondary N) is 1. The molecule has 0 aliphatic heterocycles. The Morgan fingerprint density at radius 2 is 1.80 bits per heavy atom. The van der Waals surface area contributed by atoms with Crippen molar-refractivity contribution in [3.8, 4) is 6.07 Å². The summed E-state index contributed by atoms with van der Waals surface area (Å²) in [5, 5.41) is 17.1. The maximum Gasteiger partial charge on any atom is 0.361 e. The Balaban J connectivity index is 1.47. The highest BCUT2D eigenvalue weighted by Crippen LogP contribution is 2.46. The van der Waals surface area contributed by atoms with Crippen molar-refractivity contribution in [2.24, 2.45) is 0 Å². The summed E-state index contributed by atoms with van der Waals surface area (Å²) >= 11 is 0. The number of nitriles is 1. The minimum absolute atomic E-state index is 0.285. The van der Waals surface area contributed by atoms with Gasteiger partial charge in [0.1, 0.15) is 5.69 Å². The zero-order valence-corrected chi connectivity index (χ0v) is 24.0. The molecule has 1 amide bonds. The van der Waals surface area contributed by atoms with E-state index in [1.54, 1.807) is 48.9 Å². The smallest absolute Gasteiger partial charge is 0.361 e. The van der Waals surface area contributed by atoms with E-state index in [2.05, 4.69) is 21.5 Å². The molecule has 0 unspecified atom stereocenters. The first kappa shape index (κ1) is 29.2. The SMILES string of the molecule is CCOP(=O)(OCC)c1ccc(COCCn2c(NC(=O)c3cc(C)nn3CC)nc3cc(C#N)ccc32)cc1. The minimum atomic E-state index is -3.34. The molecule has 0 spiro atoms. The van der Waals surface area contributed by atoms with Gasteiger partial charge in [-0.3, -0.25) is 19.4 Å². The van der Waals surface area contributed by atoms with E-state index in [-0.39, 0.29) is 19.1 Å². The summed E-state index contributed by atoms with van der Waals surface area (Å²) in [5.41, 5.74) is 3.93. The topological polar surface area (TPSA) is 133 Å². The number of nitrogens with zero attached hydrogens (tertiary/aromatic N) is 5. The van der Waals surface area contributed by atoms with Gasteiger partial charge in [-0.05, 0) is 69.7 Å². The third-order valence-electron chi connectivity index (χ3n) is 6.12. The number of carbonyl (C=O) groups is 1. The van der Waals surface area contributed by atoms with Gasteiger partial charge in [0.15, 0.2) is 0 Å². The van der Waals surface area contributed by atoms with E-state index < -0.39 is 7.60 Å². The lowest BCUT2D eigenvalue weighted by molar-refractivity contribution is 0.101. The quantitative estimate of drug-likeness (QED) is 0.181. The Hall–Kier alpha value is -3.81. The van der Waals surface area contributed by atoms with Crippen LogP contribution in [-0.2, 0) is 38.0 Å². The van der Waals surface area contributed by atoms with Crippen LogP contribution in [0.5, 0.6) is 0 Å². The van der Waals surface area contributed by atoms with E-state index >= 15 is 0 Å². The highest BCUT2D eigenvalue weighted by molar-refractivity contribution is 7.62. The summed E-state index contributed by atoms with van der Waals surface area (Å²) in [6.07, 6.45) is 0. The minimum Gasteiger partial charge on any atom is -0.375 e. The molecule has 2 aromatic heterocycles. The second kappa shape index (κ2) is 13.0. The summed E-state index contributed by atoms with van der Waals surface area (Å²) in [7, 11) is -3.34. The maximum atomic E-state index is 13.1. The molecule has 2 heterocycles. The number of fused-ring (bicyclic) bond motifs is 1. The van der Waals surface area contributed by atoms with Crippen molar-refractivity contribution >= 4 is 35.8 Å². The zero-order chi connectivity index (χ0) is 28.7. The molecule has 0 bridgehead atoms. The van der Waals surface area contributed by atoms with E-state index in [9.17, 15) is 14.6 Å². The van der Waals surface area contributed by atoms with Crippen molar-refractivity contribution < 1.29 is 23.1 Å². The van der Waals surface area contributed by atoms with Crippen LogP contribution in [0.25, 0.3) is 11.0 Å². The fraction of sp³-hybridized carbons (Fsp3) is 0.357. The number of carbonyl (C=O) groups excluding carboxylic acids is 1. The van der Waals surface area contributed by atoms with E-state index in [0.717, 1.165) is 16.8 Å². The molecular weight excluding hydrogens is 531 g/mol. The summed E-state index contributed by atoms with van der Waals surface area (Å²) in [6.45, 7) is 9.50. The molecule has 0 atom stereocenters. The lowest BCUT2D eigenvalue weighted by Gasteiger charge is -2.17. The van der Waals surface area contributed by atoms with E-state index in [1.165, 1.54) is 0 Å². The Bertz CT molecular complexity index is 1560. The van der Waals surface area contributed by atoms with Crippen molar-refractivity contribution in [3.63, 3.8) is 0 Å². The molecule has 0 saturated heterocycles. The van der Waals surface area contributed by atoms with Crippen LogP contribution < -0.4 is 10.6 Å². The number of aryl methyl sites for hydroxylation is 2. The first-order chi connectivity index (χ1) is 19.3. The van der Waals surface area contributed by atoms with Crippen LogP contribution in [0.15, 0.2) is 48.5 Å². The lowest BCUT2D eigenvalue weighted by Crippen LogP contribution is -2.20. The van der Waals surface area contributed by atoms with Crippen LogP contribution in [0, 0.1) is 18.3 Å². The maximum absolute atomic E-state index is 13.1. The molecule has 2 aromatic carbocycles. The predicted octanol–water partition coefficient (Wildman–Crippen LogP) is 4.79. The van der Waals surface area contributed by atoms with Crippen molar-refractivity contribution in [2.45, 2.75) is 47.4 Å². The summed E-state index contributed by atoms with van der Waals surface area (Å²) in [6, 6.07) is 16.2. The Kier molecular flexibility index (Phi) is 9.50. The molecule has 11 nitrogen and oxygen atoms in total. The molecule has 0 aliphatic rings. The monoisotopic (exact) mass is 564 g/mol. The van der Waals surface area contributed by atoms with E-state index in [0.29, 0.717) is 54.3 Å². The number of aromatic nitrogens is 4. The highest BCUT2D eigenvalue weighted by atomic mass is 31.2. The average Bonchev–Trinajstić information content (AvgIpc) is 3.50. The summed E-state index contributed by atoms with van der Waals surface area (Å²) in [4.78, 5) is 17.7. The molecule has 40 heavy (non-hydrogen) atoms. The fourth-order valence-corrected chi connectivity index (χ4v) is 5.87. The fourth-order valence-electron chi connectivity index (χ4n) is 4.30. The predicted molar refractivity (Wildman–Crippen MR) is 152 cm³/mol. The van der Waals surface area contributed by atoms with Crippen LogP contribution in [0.3, 0.4) is 0 Å². The van der Waals surface area contributed by atoms with Crippen molar-refractivity contribution in [1.29, 1.82) is 5.26 Å². The number of hydrogen-bond acceptors (Lipinski definition) is 8. The van der Waals surface area contributed by atoms with Crippen LogP contribution in [0.4, 0.5) is 5.95 Å². The number of benzene rings is 2. The van der Waals surface area contributed by atoms with Crippen molar-refractivity contribution in [3.05, 3.63) is 71.0 Å². The summed E-state index contributed by atoms with van der Waals surface area (Å²) < 4.78 is 33.2. The molecule has 0 saturated carbocycles. The second-order valence-electron chi connectivity index (χ2n) is 8.90. The van der Waals surface area contributed by atoms with Crippen LogP contribution in [0.1, 0.15) is 48.1 Å². The van der Waals surface area contributed by atoms with Gasteiger partial charge in [-0.1, -0.05) is 12.1 Å². The number of ether oxygens (including phenoxy) is 1. The van der Waals surface area contributed by atoms with Gasteiger partial charge < -0.3 is 18.4 Å². The largest absolute Gasteiger partial charge is 0.375 e. The molecule has 0 aliphatic carbocycles. The summed E-state index contributed by atoms with van der Waals surface area (Å²) in [5.74, 6) is 0.0315. The van der Waals surface area contributed by atoms with E-state index in [1.807, 2.05) is 36.6 Å². The van der Waals surface area contributed by atoms with Gasteiger partial charge in [-0.25, -0.2) is 4.98 Å². The number of imidazole rings is 1. The number of hydrogen-bond donors (Lipinski definition) is 1. The van der Waals surface area contributed by atoms with Gasteiger partial charge in [-0.15, -0.1) is 0 Å². The van der Waals surface area contributed by atoms with Crippen molar-refractivity contribution in [1.82, 2.24) is 19.3 Å². The van der Waals surface area contributed by atoms with Gasteiger partial charge >= 0.3 is 7.60 Å². The first-order valence-corrected chi connectivity index (χ1v) is 14.7. The Morgan fingerprint density at radius 1 is 1.07 bits per heavy atom. The zero-order valence-electron chi connectivity index (χ0n) is 23.1. The third kappa shape index (κ3) is 6.49. The lowest BCUT2D eigenvalue weighted by atomic mass is 10.2. The Morgan fingerprint density at radius 3 is 2.45 bits per heavy atom. The van der Waals surface area contributed by atoms with Gasteiger partial charge in [0.25, 0.3) is 5.91 Å². The second-order valence-corrected chi connectivity index (χ2v) is 10.9. The molecular formula is C28H33N6O5P. The Labute approximate surface area is 233 Å². The number of anilines is 1. The normalized spacial score (nSPS) is 11.6. The molecule has 0 radical (unpaired) electrons. The molecule has 12 heteroatoms. The van der Waals surface area contributed by atoms with Gasteiger partial charge in [-0.2, -0.15) is 10.4 Å². The molecule has 0 fully saturated rings. The highest BCUT2D eigenvalue weighted by Gasteiger charge is 2.26. The molecule has 1 N–H and O–H groups in total. The third-order valence-corrected chi connectivity index (χ3v) is 8.24. The molecule has 210 valence electrons. The molecule has 4 rings (SSSR count). The number of rotatable bonds is 13. The van der Waals surface area contributed by atoms with Gasteiger partial charge in [0, 0.05) is 13.1 Å². The van der Waals surface area contributed by atoms with Gasteiger partial charge in [0.05, 0.1) is 60.1 Å². The number of amides is 1. The van der Waals surface area contributed by atoms with Crippen LogP contribution in [-0.4, -0.2) is 45.1 Å². The standard InChI is InChI=1S/C28H33N6O5P/c1-5-34-26(16-20(4)32-34)27(35)31-28-30-24-17-22(18-29)10-13-25(24)33(28)14-15-37-19-21-8-11-23(12-9-21)40(36,38-6-2)39-7-3/h8-13,16-17H,5-7,14-15,19H2,1-4H3,(H,30,31,35). The average molecular weight is 565 g/mol. The van der Waals surface area contributed by atoms with Crippen molar-refractivity contribution in [2.75, 3.05) is 25.1 Å². The first-order valence-electron chi connectivity index (χ1n) is 13.1. The van der Waals surface area contributed by atoms with Crippen LogP contribution >= 0.6 is 7.60 Å². The van der Waals surface area contributed by atoms with E-state index in [4.69, 9.17) is 13.8 Å².